The molecule has 0 saturated carbocycles. The first kappa shape index (κ1) is 12.0. The summed E-state index contributed by atoms with van der Waals surface area (Å²) in [6, 6.07) is 0. The van der Waals surface area contributed by atoms with Gasteiger partial charge >= 0.3 is 0 Å². The van der Waals surface area contributed by atoms with Crippen LogP contribution in [0.25, 0.3) is 0 Å². The molecule has 0 aliphatic carbocycles. The van der Waals surface area contributed by atoms with E-state index in [1.54, 1.807) is 0 Å². The van der Waals surface area contributed by atoms with Crippen molar-refractivity contribution in [1.29, 1.82) is 0 Å². The molecule has 1 atom stereocenters. The molecular weight excluding hydrogens is 178 g/mol. The summed E-state index contributed by atoms with van der Waals surface area (Å²) in [4.78, 5) is 0. The second-order valence-corrected chi connectivity index (χ2v) is 4.21. The lowest BCUT2D eigenvalue weighted by atomic mass is 10.0. The molecule has 0 aromatic rings. The molecule has 0 amide bonds. The van der Waals surface area contributed by atoms with Crippen LogP contribution in [-0.4, -0.2) is 39.0 Å². The average molecular weight is 201 g/mol. The summed E-state index contributed by atoms with van der Waals surface area (Å²) >= 11 is 0. The maximum absolute atomic E-state index is 5.44. The van der Waals surface area contributed by atoms with Crippen molar-refractivity contribution >= 4 is 0 Å². The molecule has 1 rings (SSSR count). The monoisotopic (exact) mass is 201 g/mol. The normalized spacial score (nSPS) is 22.9. The average Bonchev–Trinajstić information content (AvgIpc) is 2.18. The first-order valence-corrected chi connectivity index (χ1v) is 5.69. The van der Waals surface area contributed by atoms with Crippen LogP contribution in [0.15, 0.2) is 0 Å². The molecule has 0 bridgehead atoms. The topological polar surface area (TPSA) is 30.5 Å². The third-order valence-electron chi connectivity index (χ3n) is 2.42. The van der Waals surface area contributed by atoms with E-state index in [4.69, 9.17) is 9.47 Å². The predicted molar refractivity (Wildman–Crippen MR) is 57.5 cm³/mol. The molecule has 1 aliphatic rings. The number of rotatable bonds is 6. The van der Waals surface area contributed by atoms with Crippen LogP contribution in [0.1, 0.15) is 26.7 Å². The molecule has 1 saturated heterocycles. The number of hydrogen-bond acceptors (Lipinski definition) is 3. The summed E-state index contributed by atoms with van der Waals surface area (Å²) in [5.41, 5.74) is 0. The van der Waals surface area contributed by atoms with Crippen molar-refractivity contribution in [3.63, 3.8) is 0 Å². The third kappa shape index (κ3) is 5.58. The Bertz CT molecular complexity index is 133. The van der Waals surface area contributed by atoms with E-state index < -0.39 is 0 Å². The van der Waals surface area contributed by atoms with Gasteiger partial charge in [-0.25, -0.2) is 0 Å². The molecular formula is C11H23NO2. The molecule has 1 unspecified atom stereocenters. The fraction of sp³-hybridized carbons (Fsp3) is 1.00. The zero-order valence-corrected chi connectivity index (χ0v) is 9.42. The van der Waals surface area contributed by atoms with Gasteiger partial charge in [-0.3, -0.25) is 0 Å². The fourth-order valence-electron chi connectivity index (χ4n) is 1.64. The lowest BCUT2D eigenvalue weighted by molar-refractivity contribution is 0.0511. The lowest BCUT2D eigenvalue weighted by Crippen LogP contribution is -2.31. The number of hydrogen-bond donors (Lipinski definition) is 1. The highest BCUT2D eigenvalue weighted by Gasteiger charge is 2.12. The fourth-order valence-corrected chi connectivity index (χ4v) is 1.64. The molecule has 3 heteroatoms. The van der Waals surface area contributed by atoms with Gasteiger partial charge in [0.2, 0.25) is 0 Å². The van der Waals surface area contributed by atoms with Crippen LogP contribution in [-0.2, 0) is 9.47 Å². The van der Waals surface area contributed by atoms with E-state index in [1.807, 2.05) is 0 Å². The van der Waals surface area contributed by atoms with E-state index >= 15 is 0 Å². The van der Waals surface area contributed by atoms with E-state index in [9.17, 15) is 0 Å². The Morgan fingerprint density at radius 1 is 1.50 bits per heavy atom. The summed E-state index contributed by atoms with van der Waals surface area (Å²) in [7, 11) is 0. The van der Waals surface area contributed by atoms with Crippen molar-refractivity contribution < 1.29 is 9.47 Å². The van der Waals surface area contributed by atoms with Gasteiger partial charge in [0.05, 0.1) is 19.3 Å². The first-order chi connectivity index (χ1) is 6.79. The van der Waals surface area contributed by atoms with Crippen molar-refractivity contribution in [3.05, 3.63) is 0 Å². The third-order valence-corrected chi connectivity index (χ3v) is 2.42. The van der Waals surface area contributed by atoms with E-state index in [2.05, 4.69) is 19.2 Å². The van der Waals surface area contributed by atoms with E-state index in [-0.39, 0.29) is 0 Å². The summed E-state index contributed by atoms with van der Waals surface area (Å²) in [6.07, 6.45) is 2.86. The van der Waals surface area contributed by atoms with Gasteiger partial charge in [0.1, 0.15) is 0 Å². The SMILES string of the molecule is CC(C)OCCNCC1CCCOC1. The van der Waals surface area contributed by atoms with E-state index in [1.165, 1.54) is 12.8 Å². The quantitative estimate of drug-likeness (QED) is 0.659. The maximum atomic E-state index is 5.44. The van der Waals surface area contributed by atoms with Gasteiger partial charge in [-0.15, -0.1) is 0 Å². The largest absolute Gasteiger partial charge is 0.381 e. The zero-order valence-electron chi connectivity index (χ0n) is 9.42. The molecule has 3 nitrogen and oxygen atoms in total. The van der Waals surface area contributed by atoms with Gasteiger partial charge in [0.25, 0.3) is 0 Å². The molecule has 84 valence electrons. The van der Waals surface area contributed by atoms with Gasteiger partial charge in [-0.2, -0.15) is 0 Å². The Balaban J connectivity index is 1.87. The van der Waals surface area contributed by atoms with Gasteiger partial charge in [0.15, 0.2) is 0 Å². The van der Waals surface area contributed by atoms with Crippen LogP contribution >= 0.6 is 0 Å². The minimum atomic E-state index is 0.342. The smallest absolute Gasteiger partial charge is 0.0594 e. The van der Waals surface area contributed by atoms with Crippen LogP contribution in [0.2, 0.25) is 0 Å². The molecule has 14 heavy (non-hydrogen) atoms. The zero-order chi connectivity index (χ0) is 10.2. The molecule has 1 N–H and O–H groups in total. The van der Waals surface area contributed by atoms with Crippen molar-refractivity contribution in [2.24, 2.45) is 5.92 Å². The second-order valence-electron chi connectivity index (χ2n) is 4.21. The number of nitrogens with one attached hydrogen (secondary N) is 1. The molecule has 1 aliphatic heterocycles. The van der Waals surface area contributed by atoms with Crippen LogP contribution in [0, 0.1) is 5.92 Å². The van der Waals surface area contributed by atoms with Gasteiger partial charge < -0.3 is 14.8 Å². The highest BCUT2D eigenvalue weighted by atomic mass is 16.5. The van der Waals surface area contributed by atoms with Crippen LogP contribution < -0.4 is 5.32 Å². The van der Waals surface area contributed by atoms with Crippen molar-refractivity contribution in [3.8, 4) is 0 Å². The van der Waals surface area contributed by atoms with Gasteiger partial charge in [-0.1, -0.05) is 0 Å². The van der Waals surface area contributed by atoms with Crippen molar-refractivity contribution in [1.82, 2.24) is 5.32 Å². The minimum absolute atomic E-state index is 0.342. The van der Waals surface area contributed by atoms with E-state index in [0.717, 1.165) is 32.9 Å². The molecule has 1 heterocycles. The van der Waals surface area contributed by atoms with Crippen molar-refractivity contribution in [2.75, 3.05) is 32.9 Å². The Morgan fingerprint density at radius 2 is 2.36 bits per heavy atom. The minimum Gasteiger partial charge on any atom is -0.381 e. The maximum Gasteiger partial charge on any atom is 0.0594 e. The molecule has 0 aromatic carbocycles. The summed E-state index contributed by atoms with van der Waals surface area (Å²) in [5.74, 6) is 0.711. The lowest BCUT2D eigenvalue weighted by Gasteiger charge is -2.22. The van der Waals surface area contributed by atoms with Gasteiger partial charge in [0, 0.05) is 19.7 Å². The summed E-state index contributed by atoms with van der Waals surface area (Å²) in [6.45, 7) is 8.84. The Morgan fingerprint density at radius 3 is 3.00 bits per heavy atom. The first-order valence-electron chi connectivity index (χ1n) is 5.69. The standard InChI is InChI=1S/C11H23NO2/c1-10(2)14-7-5-12-8-11-4-3-6-13-9-11/h10-12H,3-9H2,1-2H3. The van der Waals surface area contributed by atoms with Crippen LogP contribution in [0.5, 0.6) is 0 Å². The van der Waals surface area contributed by atoms with Crippen LogP contribution in [0.3, 0.4) is 0 Å². The molecule has 0 radical (unpaired) electrons. The second kappa shape index (κ2) is 7.21. The Hall–Kier alpha value is -0.120. The summed E-state index contributed by atoms with van der Waals surface area (Å²) in [5, 5.41) is 3.41. The highest BCUT2D eigenvalue weighted by Crippen LogP contribution is 2.11. The van der Waals surface area contributed by atoms with Gasteiger partial charge in [-0.05, 0) is 32.6 Å². The molecule has 0 aromatic heterocycles. The summed E-state index contributed by atoms with van der Waals surface area (Å²) < 4.78 is 10.8. The van der Waals surface area contributed by atoms with Crippen LogP contribution in [0.4, 0.5) is 0 Å². The number of ether oxygens (including phenoxy) is 2. The molecule has 0 spiro atoms. The highest BCUT2D eigenvalue weighted by molar-refractivity contribution is 4.65. The van der Waals surface area contributed by atoms with E-state index in [0.29, 0.717) is 12.0 Å². The molecule has 1 fully saturated rings. The predicted octanol–water partition coefficient (Wildman–Crippen LogP) is 1.43. The van der Waals surface area contributed by atoms with Crippen molar-refractivity contribution in [2.45, 2.75) is 32.8 Å². The Labute approximate surface area is 87.2 Å². The Kier molecular flexibility index (Phi) is 6.15.